The predicted octanol–water partition coefficient (Wildman–Crippen LogP) is 3.53. The molecule has 0 bridgehead atoms. The second-order valence-corrected chi connectivity index (χ2v) is 6.36. The lowest BCUT2D eigenvalue weighted by atomic mass is 10.0. The molecule has 0 unspecified atom stereocenters. The highest BCUT2D eigenvalue weighted by Gasteiger charge is 2.21. The van der Waals surface area contributed by atoms with Crippen molar-refractivity contribution in [2.75, 3.05) is 20.1 Å². The average Bonchev–Trinajstić information content (AvgIpc) is 2.51. The van der Waals surface area contributed by atoms with Crippen molar-refractivity contribution < 1.29 is 4.79 Å². The number of aryl methyl sites for hydroxylation is 1. The Hall–Kier alpha value is -0.770. The van der Waals surface area contributed by atoms with Gasteiger partial charge in [-0.15, -0.1) is 0 Å². The third-order valence-electron chi connectivity index (χ3n) is 4.10. The summed E-state index contributed by atoms with van der Waals surface area (Å²) in [5.74, 6) is 0.268. The number of hydrogen-bond acceptors (Lipinski definition) is 2. The molecule has 1 aromatic carbocycles. The molecule has 0 saturated carbocycles. The average molecular weight is 329 g/mol. The van der Waals surface area contributed by atoms with Gasteiger partial charge in [-0.05, 0) is 50.4 Å². The quantitative estimate of drug-likeness (QED) is 0.896. The number of rotatable bonds is 5. The molecule has 0 spiro atoms. The lowest BCUT2D eigenvalue weighted by molar-refractivity contribution is -0.132. The van der Waals surface area contributed by atoms with E-state index in [0.717, 1.165) is 44.3 Å². The molecule has 1 fully saturated rings. The van der Waals surface area contributed by atoms with E-state index in [4.69, 9.17) is 23.2 Å². The molecular weight excluding hydrogens is 307 g/mol. The molecule has 21 heavy (non-hydrogen) atoms. The number of nitrogens with one attached hydrogen (secondary N) is 1. The van der Waals surface area contributed by atoms with E-state index in [1.54, 1.807) is 0 Å². The van der Waals surface area contributed by atoms with E-state index in [-0.39, 0.29) is 5.91 Å². The molecule has 1 aliphatic heterocycles. The summed E-state index contributed by atoms with van der Waals surface area (Å²) < 4.78 is 0. The Morgan fingerprint density at radius 2 is 2.00 bits per heavy atom. The Balaban J connectivity index is 1.73. The van der Waals surface area contributed by atoms with Crippen LogP contribution >= 0.6 is 23.2 Å². The van der Waals surface area contributed by atoms with E-state index in [1.165, 1.54) is 0 Å². The molecule has 1 aliphatic rings. The fourth-order valence-corrected chi connectivity index (χ4v) is 3.04. The second kappa shape index (κ2) is 8.02. The first kappa shape index (κ1) is 16.6. The van der Waals surface area contributed by atoms with Crippen LogP contribution in [0.4, 0.5) is 0 Å². The van der Waals surface area contributed by atoms with Crippen LogP contribution in [-0.2, 0) is 11.2 Å². The normalized spacial score (nSPS) is 16.2. The molecule has 3 nitrogen and oxygen atoms in total. The number of carbonyl (C=O) groups excluding carboxylic acids is 1. The molecule has 1 saturated heterocycles. The van der Waals surface area contributed by atoms with Gasteiger partial charge in [-0.2, -0.15) is 0 Å². The SMILES string of the molecule is CNC1CCN(C(=O)CCCc2ccc(Cl)c(Cl)c2)CC1. The van der Waals surface area contributed by atoms with Crippen molar-refractivity contribution in [3.8, 4) is 0 Å². The topological polar surface area (TPSA) is 32.3 Å². The fourth-order valence-electron chi connectivity index (χ4n) is 2.71. The first-order valence-electron chi connectivity index (χ1n) is 7.49. The zero-order chi connectivity index (χ0) is 15.2. The van der Waals surface area contributed by atoms with E-state index in [0.29, 0.717) is 22.5 Å². The molecule has 0 aliphatic carbocycles. The van der Waals surface area contributed by atoms with Crippen molar-refractivity contribution in [2.24, 2.45) is 0 Å². The van der Waals surface area contributed by atoms with Crippen molar-refractivity contribution in [3.63, 3.8) is 0 Å². The molecule has 0 atom stereocenters. The Bertz CT molecular complexity index is 485. The first-order valence-corrected chi connectivity index (χ1v) is 8.24. The summed E-state index contributed by atoms with van der Waals surface area (Å²) in [6.45, 7) is 1.74. The highest BCUT2D eigenvalue weighted by molar-refractivity contribution is 6.42. The number of piperidine rings is 1. The number of halogens is 2. The highest BCUT2D eigenvalue weighted by atomic mass is 35.5. The van der Waals surface area contributed by atoms with Crippen LogP contribution in [-0.4, -0.2) is 37.0 Å². The summed E-state index contributed by atoms with van der Waals surface area (Å²) in [5, 5.41) is 4.43. The Labute approximate surface area is 136 Å². The van der Waals surface area contributed by atoms with Crippen LogP contribution in [0.5, 0.6) is 0 Å². The molecule has 0 radical (unpaired) electrons. The standard InChI is InChI=1S/C16H22Cl2N2O/c1-19-13-7-9-20(10-8-13)16(21)4-2-3-12-5-6-14(17)15(18)11-12/h5-6,11,13,19H,2-4,7-10H2,1H3. The molecule has 1 heterocycles. The molecule has 2 rings (SSSR count). The van der Waals surface area contributed by atoms with Crippen LogP contribution in [0.1, 0.15) is 31.2 Å². The van der Waals surface area contributed by atoms with Crippen molar-refractivity contribution in [1.29, 1.82) is 0 Å². The lowest BCUT2D eigenvalue weighted by Gasteiger charge is -2.31. The zero-order valence-electron chi connectivity index (χ0n) is 12.4. The van der Waals surface area contributed by atoms with Gasteiger partial charge in [-0.1, -0.05) is 29.3 Å². The molecule has 1 amide bonds. The number of hydrogen-bond donors (Lipinski definition) is 1. The van der Waals surface area contributed by atoms with Gasteiger partial charge in [0.1, 0.15) is 0 Å². The minimum absolute atomic E-state index is 0.268. The number of carbonyl (C=O) groups is 1. The maximum atomic E-state index is 12.2. The van der Waals surface area contributed by atoms with Crippen molar-refractivity contribution in [1.82, 2.24) is 10.2 Å². The monoisotopic (exact) mass is 328 g/mol. The Morgan fingerprint density at radius 3 is 2.62 bits per heavy atom. The van der Waals surface area contributed by atoms with E-state index in [2.05, 4.69) is 5.32 Å². The molecule has 1 N–H and O–H groups in total. The maximum Gasteiger partial charge on any atom is 0.222 e. The van der Waals surface area contributed by atoms with Crippen LogP contribution in [0.15, 0.2) is 18.2 Å². The predicted molar refractivity (Wildman–Crippen MR) is 88.1 cm³/mol. The molecule has 0 aromatic heterocycles. The summed E-state index contributed by atoms with van der Waals surface area (Å²) >= 11 is 11.9. The summed E-state index contributed by atoms with van der Waals surface area (Å²) in [4.78, 5) is 14.2. The molecule has 1 aromatic rings. The fraction of sp³-hybridized carbons (Fsp3) is 0.562. The maximum absolute atomic E-state index is 12.2. The van der Waals surface area contributed by atoms with Crippen LogP contribution in [0.2, 0.25) is 10.0 Å². The minimum Gasteiger partial charge on any atom is -0.343 e. The minimum atomic E-state index is 0.268. The van der Waals surface area contributed by atoms with Gasteiger partial charge < -0.3 is 10.2 Å². The smallest absolute Gasteiger partial charge is 0.222 e. The van der Waals surface area contributed by atoms with Crippen LogP contribution < -0.4 is 5.32 Å². The molecular formula is C16H22Cl2N2O. The third-order valence-corrected chi connectivity index (χ3v) is 4.84. The number of nitrogens with zero attached hydrogens (tertiary/aromatic N) is 1. The van der Waals surface area contributed by atoms with Gasteiger partial charge in [0.2, 0.25) is 5.91 Å². The molecule has 5 heteroatoms. The largest absolute Gasteiger partial charge is 0.343 e. The number of benzene rings is 1. The van der Waals surface area contributed by atoms with Gasteiger partial charge in [0.25, 0.3) is 0 Å². The summed E-state index contributed by atoms with van der Waals surface area (Å²) in [5.41, 5.74) is 1.13. The molecule has 116 valence electrons. The number of likely N-dealkylation sites (tertiary alicyclic amines) is 1. The van der Waals surface area contributed by atoms with Gasteiger partial charge in [-0.3, -0.25) is 4.79 Å². The van der Waals surface area contributed by atoms with Gasteiger partial charge >= 0.3 is 0 Å². The zero-order valence-corrected chi connectivity index (χ0v) is 13.9. The summed E-state index contributed by atoms with van der Waals surface area (Å²) in [7, 11) is 1.99. The third kappa shape index (κ3) is 4.87. The highest BCUT2D eigenvalue weighted by Crippen LogP contribution is 2.23. The van der Waals surface area contributed by atoms with Gasteiger partial charge in [0, 0.05) is 25.6 Å². The second-order valence-electron chi connectivity index (χ2n) is 5.55. The number of amides is 1. The van der Waals surface area contributed by atoms with Gasteiger partial charge in [0.15, 0.2) is 0 Å². The van der Waals surface area contributed by atoms with E-state index in [1.807, 2.05) is 30.1 Å². The Kier molecular flexibility index (Phi) is 6.34. The summed E-state index contributed by atoms with van der Waals surface area (Å²) in [6, 6.07) is 6.22. The lowest BCUT2D eigenvalue weighted by Crippen LogP contribution is -2.43. The van der Waals surface area contributed by atoms with Crippen LogP contribution in [0, 0.1) is 0 Å². The first-order chi connectivity index (χ1) is 10.1. The van der Waals surface area contributed by atoms with Crippen molar-refractivity contribution in [2.45, 2.75) is 38.1 Å². The van der Waals surface area contributed by atoms with E-state index in [9.17, 15) is 4.79 Å². The van der Waals surface area contributed by atoms with Crippen LogP contribution in [0.3, 0.4) is 0 Å². The summed E-state index contributed by atoms with van der Waals surface area (Å²) in [6.07, 6.45) is 4.41. The Morgan fingerprint density at radius 1 is 1.29 bits per heavy atom. The van der Waals surface area contributed by atoms with Gasteiger partial charge in [0.05, 0.1) is 10.0 Å². The van der Waals surface area contributed by atoms with E-state index < -0.39 is 0 Å². The van der Waals surface area contributed by atoms with Crippen molar-refractivity contribution >= 4 is 29.1 Å². The van der Waals surface area contributed by atoms with Crippen molar-refractivity contribution in [3.05, 3.63) is 33.8 Å². The van der Waals surface area contributed by atoms with Gasteiger partial charge in [-0.25, -0.2) is 0 Å². The van der Waals surface area contributed by atoms with Crippen LogP contribution in [0.25, 0.3) is 0 Å². The van der Waals surface area contributed by atoms with E-state index >= 15 is 0 Å².